The van der Waals surface area contributed by atoms with Gasteiger partial charge in [0.25, 0.3) is 0 Å². The molecular weight excluding hydrogens is 370 g/mol. The van der Waals surface area contributed by atoms with Crippen LogP contribution in [0.3, 0.4) is 0 Å². The van der Waals surface area contributed by atoms with E-state index in [-0.39, 0.29) is 21.4 Å². The number of amides is 2. The smallest absolute Gasteiger partial charge is 0.314 e. The number of benzene rings is 2. The van der Waals surface area contributed by atoms with Gasteiger partial charge in [0.05, 0.1) is 21.4 Å². The van der Waals surface area contributed by atoms with Crippen LogP contribution in [0.1, 0.15) is 0 Å². The van der Waals surface area contributed by atoms with Crippen molar-refractivity contribution in [3.8, 4) is 0 Å². The summed E-state index contributed by atoms with van der Waals surface area (Å²) in [5.74, 6) is -1.83. The lowest BCUT2D eigenvalue weighted by molar-refractivity contribution is -0.132. The molecule has 0 aromatic heterocycles. The van der Waals surface area contributed by atoms with Crippen LogP contribution in [0.4, 0.5) is 11.4 Å². The first kappa shape index (κ1) is 16.9. The molecule has 0 fully saturated rings. The van der Waals surface area contributed by atoms with Crippen molar-refractivity contribution in [1.29, 1.82) is 0 Å². The largest absolute Gasteiger partial charge is 0.316 e. The van der Waals surface area contributed by atoms with E-state index in [9.17, 15) is 9.59 Å². The summed E-state index contributed by atoms with van der Waals surface area (Å²) < 4.78 is 0. The maximum atomic E-state index is 11.9. The Hall–Kier alpha value is -1.46. The van der Waals surface area contributed by atoms with E-state index in [1.807, 2.05) is 0 Å². The zero-order valence-electron chi connectivity index (χ0n) is 10.8. The molecule has 114 valence electrons. The number of carbonyl (C=O) groups is 2. The lowest BCUT2D eigenvalue weighted by Crippen LogP contribution is -2.29. The number of anilines is 2. The van der Waals surface area contributed by atoms with Gasteiger partial charge in [-0.3, -0.25) is 9.59 Å². The van der Waals surface area contributed by atoms with Gasteiger partial charge in [0.2, 0.25) is 0 Å². The Morgan fingerprint density at radius 2 is 1.05 bits per heavy atom. The normalized spacial score (nSPS) is 10.2. The summed E-state index contributed by atoms with van der Waals surface area (Å²) in [5.41, 5.74) is 0.456. The van der Waals surface area contributed by atoms with Gasteiger partial charge in [0.15, 0.2) is 0 Å². The fourth-order valence-electron chi connectivity index (χ4n) is 1.54. The number of halogens is 4. The van der Waals surface area contributed by atoms with E-state index in [0.717, 1.165) is 0 Å². The van der Waals surface area contributed by atoms with Crippen LogP contribution in [-0.2, 0) is 9.59 Å². The molecular formula is C14H8Cl4N2O2. The minimum absolute atomic E-state index is 0.228. The van der Waals surface area contributed by atoms with E-state index in [2.05, 4.69) is 10.6 Å². The molecule has 0 aliphatic rings. The number of hydrogen-bond donors (Lipinski definition) is 2. The molecule has 0 saturated heterocycles. The lowest BCUT2D eigenvalue weighted by atomic mass is 10.3. The third kappa shape index (κ3) is 4.27. The van der Waals surface area contributed by atoms with Crippen LogP contribution >= 0.6 is 46.4 Å². The second kappa shape index (κ2) is 7.20. The zero-order chi connectivity index (χ0) is 16.3. The van der Waals surface area contributed by atoms with Crippen LogP contribution in [0.2, 0.25) is 20.1 Å². The molecule has 0 aliphatic carbocycles. The highest BCUT2D eigenvalue weighted by molar-refractivity contribution is 6.46. The molecule has 0 radical (unpaired) electrons. The van der Waals surface area contributed by atoms with Crippen LogP contribution in [0.5, 0.6) is 0 Å². The minimum atomic E-state index is -0.916. The van der Waals surface area contributed by atoms with Gasteiger partial charge in [0.1, 0.15) is 0 Å². The predicted octanol–water partition coefficient (Wildman–Crippen LogP) is 4.88. The number of rotatable bonds is 2. The summed E-state index contributed by atoms with van der Waals surface area (Å²) in [4.78, 5) is 23.8. The van der Waals surface area contributed by atoms with Gasteiger partial charge in [-0.2, -0.15) is 0 Å². The van der Waals surface area contributed by atoms with Gasteiger partial charge in [-0.05, 0) is 36.4 Å². The molecule has 2 N–H and O–H groups in total. The topological polar surface area (TPSA) is 58.2 Å². The van der Waals surface area contributed by atoms with Crippen LogP contribution in [0.15, 0.2) is 36.4 Å². The van der Waals surface area contributed by atoms with Crippen molar-refractivity contribution >= 4 is 69.6 Å². The van der Waals surface area contributed by atoms with Crippen LogP contribution < -0.4 is 10.6 Å². The Balaban J connectivity index is 2.11. The molecule has 0 unspecified atom stereocenters. The summed E-state index contributed by atoms with van der Waals surface area (Å²) in [6.45, 7) is 0. The molecule has 2 amide bonds. The average molecular weight is 378 g/mol. The van der Waals surface area contributed by atoms with Crippen LogP contribution in [0, 0.1) is 0 Å². The molecule has 0 bridgehead atoms. The summed E-state index contributed by atoms with van der Waals surface area (Å²) in [5, 5.41) is 5.98. The number of carbonyl (C=O) groups excluding carboxylic acids is 2. The molecule has 0 aliphatic heterocycles. The molecule has 22 heavy (non-hydrogen) atoms. The van der Waals surface area contributed by atoms with Crippen molar-refractivity contribution in [2.45, 2.75) is 0 Å². The summed E-state index contributed by atoms with van der Waals surface area (Å²) in [7, 11) is 0. The monoisotopic (exact) mass is 376 g/mol. The van der Waals surface area contributed by atoms with E-state index in [1.54, 1.807) is 12.1 Å². The summed E-state index contributed by atoms with van der Waals surface area (Å²) >= 11 is 23.4. The predicted molar refractivity (Wildman–Crippen MR) is 90.2 cm³/mol. The highest BCUT2D eigenvalue weighted by atomic mass is 35.5. The first-order valence-corrected chi connectivity index (χ1v) is 7.40. The van der Waals surface area contributed by atoms with E-state index >= 15 is 0 Å². The van der Waals surface area contributed by atoms with Crippen LogP contribution in [-0.4, -0.2) is 11.8 Å². The Bertz CT molecular complexity index is 686. The quantitative estimate of drug-likeness (QED) is 0.733. The third-order valence-corrected chi connectivity index (χ3v) is 3.69. The maximum absolute atomic E-state index is 11.9. The molecule has 2 aromatic rings. The standard InChI is InChI=1S/C14H8Cl4N2O2/c15-7-1-3-9(17)11(5-7)19-13(21)14(22)20-12-6-8(16)2-4-10(12)18/h1-6H,(H,19,21)(H,20,22). The minimum Gasteiger partial charge on any atom is -0.316 e. The first-order valence-electron chi connectivity index (χ1n) is 5.89. The van der Waals surface area contributed by atoms with Gasteiger partial charge >= 0.3 is 11.8 Å². The molecule has 0 spiro atoms. The van der Waals surface area contributed by atoms with E-state index in [0.29, 0.717) is 10.0 Å². The maximum Gasteiger partial charge on any atom is 0.314 e. The van der Waals surface area contributed by atoms with Gasteiger partial charge in [0, 0.05) is 10.0 Å². The van der Waals surface area contributed by atoms with Crippen molar-refractivity contribution in [3.05, 3.63) is 56.5 Å². The third-order valence-electron chi connectivity index (χ3n) is 2.56. The Labute approximate surface area is 146 Å². The van der Waals surface area contributed by atoms with Crippen molar-refractivity contribution in [3.63, 3.8) is 0 Å². The summed E-state index contributed by atoms with van der Waals surface area (Å²) in [6, 6.07) is 9.00. The highest BCUT2D eigenvalue weighted by Crippen LogP contribution is 2.27. The van der Waals surface area contributed by atoms with Gasteiger partial charge in [-0.25, -0.2) is 0 Å². The van der Waals surface area contributed by atoms with Gasteiger partial charge in [-0.15, -0.1) is 0 Å². The van der Waals surface area contributed by atoms with Crippen molar-refractivity contribution in [2.75, 3.05) is 10.6 Å². The van der Waals surface area contributed by atoms with Crippen molar-refractivity contribution in [2.24, 2.45) is 0 Å². The van der Waals surface area contributed by atoms with E-state index < -0.39 is 11.8 Å². The molecule has 0 saturated carbocycles. The molecule has 0 heterocycles. The van der Waals surface area contributed by atoms with E-state index in [1.165, 1.54) is 24.3 Å². The number of nitrogens with one attached hydrogen (secondary N) is 2. The van der Waals surface area contributed by atoms with Gasteiger partial charge < -0.3 is 10.6 Å². The zero-order valence-corrected chi connectivity index (χ0v) is 13.8. The Kier molecular flexibility index (Phi) is 5.53. The van der Waals surface area contributed by atoms with Crippen LogP contribution in [0.25, 0.3) is 0 Å². The fraction of sp³-hybridized carbons (Fsp3) is 0. The Morgan fingerprint density at radius 1 is 0.682 bits per heavy atom. The number of hydrogen-bond acceptors (Lipinski definition) is 2. The van der Waals surface area contributed by atoms with Crippen molar-refractivity contribution in [1.82, 2.24) is 0 Å². The molecule has 2 rings (SSSR count). The van der Waals surface area contributed by atoms with E-state index in [4.69, 9.17) is 46.4 Å². The molecule has 2 aromatic carbocycles. The molecule has 0 atom stereocenters. The highest BCUT2D eigenvalue weighted by Gasteiger charge is 2.17. The second-order valence-electron chi connectivity index (χ2n) is 4.16. The fourth-order valence-corrected chi connectivity index (χ4v) is 2.22. The second-order valence-corrected chi connectivity index (χ2v) is 5.84. The molecule has 4 nitrogen and oxygen atoms in total. The lowest BCUT2D eigenvalue weighted by Gasteiger charge is -2.09. The van der Waals surface area contributed by atoms with Crippen molar-refractivity contribution < 1.29 is 9.59 Å². The Morgan fingerprint density at radius 3 is 1.41 bits per heavy atom. The average Bonchev–Trinajstić information content (AvgIpc) is 2.46. The van der Waals surface area contributed by atoms with Gasteiger partial charge in [-0.1, -0.05) is 46.4 Å². The SMILES string of the molecule is O=C(Nc1cc(Cl)ccc1Cl)C(=O)Nc1cc(Cl)ccc1Cl. The summed E-state index contributed by atoms with van der Waals surface area (Å²) in [6.07, 6.45) is 0. The first-order chi connectivity index (χ1) is 10.4. The molecule has 8 heteroatoms.